The van der Waals surface area contributed by atoms with E-state index in [1.165, 1.54) is 17.8 Å². The van der Waals surface area contributed by atoms with Crippen molar-refractivity contribution in [2.75, 3.05) is 19.0 Å². The maximum Gasteiger partial charge on any atom is 0.373 e. The second-order valence-electron chi connectivity index (χ2n) is 3.73. The predicted molar refractivity (Wildman–Crippen MR) is 79.4 cm³/mol. The van der Waals surface area contributed by atoms with Crippen LogP contribution in [-0.2, 0) is 19.1 Å². The van der Waals surface area contributed by atoms with Crippen molar-refractivity contribution in [3.05, 3.63) is 22.8 Å². The predicted octanol–water partition coefficient (Wildman–Crippen LogP) is 2.97. The molecule has 20 heavy (non-hydrogen) atoms. The minimum Gasteiger partial charge on any atom is -0.502 e. The number of ether oxygens (including phenoxy) is 2. The van der Waals surface area contributed by atoms with Gasteiger partial charge in [0.1, 0.15) is 0 Å². The molecule has 0 rings (SSSR count). The number of aliphatic hydroxyl groups excluding tert-OH is 1. The summed E-state index contributed by atoms with van der Waals surface area (Å²) in [5, 5.41) is 9.46. The molecule has 0 aliphatic rings. The topological polar surface area (TPSA) is 72.8 Å². The standard InChI is InChI=1S/C14H22O5S/c1-4-7-10-20-12(14(17)19-6-3)9-8-11(15)13(16)18-5-2/h8-9,15H,4-7,10H2,1-3H3/b11-8-,12-9-. The maximum atomic E-state index is 11.7. The first kappa shape index (κ1) is 18.6. The number of esters is 2. The molecule has 5 nitrogen and oxygen atoms in total. The molecule has 0 saturated heterocycles. The molecule has 0 atom stereocenters. The molecule has 0 saturated carbocycles. The normalized spacial score (nSPS) is 12.2. The van der Waals surface area contributed by atoms with E-state index in [-0.39, 0.29) is 13.2 Å². The molecule has 0 aliphatic heterocycles. The summed E-state index contributed by atoms with van der Waals surface area (Å²) in [7, 11) is 0. The van der Waals surface area contributed by atoms with Crippen LogP contribution in [0.4, 0.5) is 0 Å². The lowest BCUT2D eigenvalue weighted by Crippen LogP contribution is -2.08. The summed E-state index contributed by atoms with van der Waals surface area (Å²) in [6.45, 7) is 5.87. The number of hydrogen-bond acceptors (Lipinski definition) is 6. The SMILES string of the molecule is CCCCS/C(=C\C=C(/O)C(=O)OCC)C(=O)OCC. The first-order valence-electron chi connectivity index (χ1n) is 6.64. The highest BCUT2D eigenvalue weighted by Gasteiger charge is 2.12. The number of unbranched alkanes of at least 4 members (excludes halogenated alkanes) is 1. The van der Waals surface area contributed by atoms with Gasteiger partial charge in [-0.05, 0) is 38.2 Å². The molecular weight excluding hydrogens is 280 g/mol. The van der Waals surface area contributed by atoms with E-state index in [1.807, 2.05) is 0 Å². The molecule has 1 N–H and O–H groups in total. The zero-order valence-corrected chi connectivity index (χ0v) is 13.0. The van der Waals surface area contributed by atoms with Crippen LogP contribution in [0.2, 0.25) is 0 Å². The molecule has 114 valence electrons. The fourth-order valence-electron chi connectivity index (χ4n) is 1.13. The van der Waals surface area contributed by atoms with Gasteiger partial charge in [0.15, 0.2) is 0 Å². The van der Waals surface area contributed by atoms with Crippen molar-refractivity contribution in [3.63, 3.8) is 0 Å². The number of aliphatic hydroxyl groups is 1. The summed E-state index contributed by atoms with van der Waals surface area (Å²) in [4.78, 5) is 23.3. The van der Waals surface area contributed by atoms with Gasteiger partial charge in [-0.15, -0.1) is 11.8 Å². The Kier molecular flexibility index (Phi) is 10.6. The summed E-state index contributed by atoms with van der Waals surface area (Å²) in [6, 6.07) is 0. The van der Waals surface area contributed by atoms with Crippen LogP contribution in [0.15, 0.2) is 22.8 Å². The Bertz CT molecular complexity index is 374. The van der Waals surface area contributed by atoms with Crippen LogP contribution in [-0.4, -0.2) is 36.0 Å². The molecule has 0 amide bonds. The Morgan fingerprint density at radius 2 is 1.65 bits per heavy atom. The van der Waals surface area contributed by atoms with Crippen molar-refractivity contribution in [1.82, 2.24) is 0 Å². The highest BCUT2D eigenvalue weighted by Crippen LogP contribution is 2.19. The lowest BCUT2D eigenvalue weighted by Gasteiger charge is -2.05. The molecule has 0 heterocycles. The molecular formula is C14H22O5S. The fourth-order valence-corrected chi connectivity index (χ4v) is 2.13. The Hall–Kier alpha value is -1.43. The van der Waals surface area contributed by atoms with Crippen LogP contribution < -0.4 is 0 Å². The number of carbonyl (C=O) groups is 2. The molecule has 0 bridgehead atoms. The van der Waals surface area contributed by atoms with Crippen molar-refractivity contribution < 1.29 is 24.2 Å². The van der Waals surface area contributed by atoms with Gasteiger partial charge in [0.05, 0.1) is 18.1 Å². The van der Waals surface area contributed by atoms with Gasteiger partial charge in [-0.3, -0.25) is 0 Å². The van der Waals surface area contributed by atoms with Crippen molar-refractivity contribution in [2.24, 2.45) is 0 Å². The van der Waals surface area contributed by atoms with E-state index in [4.69, 9.17) is 4.74 Å². The van der Waals surface area contributed by atoms with Crippen molar-refractivity contribution in [1.29, 1.82) is 0 Å². The minimum atomic E-state index is -0.814. The molecule has 0 aromatic rings. The van der Waals surface area contributed by atoms with Crippen molar-refractivity contribution in [3.8, 4) is 0 Å². The van der Waals surface area contributed by atoms with Crippen molar-refractivity contribution >= 4 is 23.7 Å². The smallest absolute Gasteiger partial charge is 0.373 e. The van der Waals surface area contributed by atoms with Gasteiger partial charge >= 0.3 is 11.9 Å². The summed E-state index contributed by atoms with van der Waals surface area (Å²) >= 11 is 1.34. The van der Waals surface area contributed by atoms with Crippen LogP contribution in [0, 0.1) is 0 Å². The van der Waals surface area contributed by atoms with Crippen LogP contribution in [0.5, 0.6) is 0 Å². The van der Waals surface area contributed by atoms with E-state index in [0.717, 1.165) is 24.7 Å². The Morgan fingerprint density at radius 3 is 2.20 bits per heavy atom. The van der Waals surface area contributed by atoms with E-state index in [0.29, 0.717) is 4.91 Å². The molecule has 0 spiro atoms. The van der Waals surface area contributed by atoms with Gasteiger partial charge in [-0.1, -0.05) is 13.3 Å². The fraction of sp³-hybridized carbons (Fsp3) is 0.571. The summed E-state index contributed by atoms with van der Waals surface area (Å²) in [5.74, 6) is -1.04. The summed E-state index contributed by atoms with van der Waals surface area (Å²) in [6.07, 6.45) is 4.52. The second-order valence-corrected chi connectivity index (χ2v) is 4.86. The summed E-state index contributed by atoms with van der Waals surface area (Å²) < 4.78 is 9.55. The quantitative estimate of drug-likeness (QED) is 0.232. The van der Waals surface area contributed by atoms with Gasteiger partial charge in [-0.2, -0.15) is 0 Å². The molecule has 6 heteroatoms. The number of hydrogen-bond donors (Lipinski definition) is 1. The lowest BCUT2D eigenvalue weighted by atomic mass is 10.4. The molecule has 0 aromatic carbocycles. The molecule has 0 radical (unpaired) electrons. The monoisotopic (exact) mass is 302 g/mol. The van der Waals surface area contributed by atoms with Crippen molar-refractivity contribution in [2.45, 2.75) is 33.6 Å². The molecule has 0 aliphatic carbocycles. The van der Waals surface area contributed by atoms with Crippen LogP contribution in [0.3, 0.4) is 0 Å². The number of thioether (sulfide) groups is 1. The van der Waals surface area contributed by atoms with E-state index in [9.17, 15) is 14.7 Å². The molecule has 0 fully saturated rings. The van der Waals surface area contributed by atoms with Gasteiger partial charge in [-0.25, -0.2) is 9.59 Å². The Balaban J connectivity index is 4.81. The van der Waals surface area contributed by atoms with Gasteiger partial charge < -0.3 is 14.6 Å². The zero-order valence-electron chi connectivity index (χ0n) is 12.2. The number of rotatable bonds is 9. The Labute approximate surface area is 124 Å². The second kappa shape index (κ2) is 11.4. The minimum absolute atomic E-state index is 0.177. The van der Waals surface area contributed by atoms with E-state index in [1.54, 1.807) is 13.8 Å². The highest BCUT2D eigenvalue weighted by atomic mass is 32.2. The van der Waals surface area contributed by atoms with Gasteiger partial charge in [0, 0.05) is 0 Å². The van der Waals surface area contributed by atoms with Gasteiger partial charge in [0.2, 0.25) is 5.76 Å². The number of carbonyl (C=O) groups excluding carboxylic acids is 2. The third-order valence-corrected chi connectivity index (χ3v) is 3.22. The maximum absolute atomic E-state index is 11.7. The molecule has 0 aromatic heterocycles. The van der Waals surface area contributed by atoms with E-state index in [2.05, 4.69) is 11.7 Å². The number of allylic oxidation sites excluding steroid dienone is 2. The molecule has 0 unspecified atom stereocenters. The van der Waals surface area contributed by atoms with E-state index < -0.39 is 17.7 Å². The van der Waals surface area contributed by atoms with Crippen LogP contribution in [0.1, 0.15) is 33.6 Å². The first-order valence-corrected chi connectivity index (χ1v) is 7.63. The first-order chi connectivity index (χ1) is 9.56. The largest absolute Gasteiger partial charge is 0.502 e. The third-order valence-electron chi connectivity index (χ3n) is 2.11. The summed E-state index contributed by atoms with van der Waals surface area (Å²) in [5.41, 5.74) is 0. The highest BCUT2D eigenvalue weighted by molar-refractivity contribution is 8.03. The van der Waals surface area contributed by atoms with Crippen LogP contribution in [0.25, 0.3) is 0 Å². The van der Waals surface area contributed by atoms with Gasteiger partial charge in [0.25, 0.3) is 0 Å². The lowest BCUT2D eigenvalue weighted by molar-refractivity contribution is -0.141. The van der Waals surface area contributed by atoms with E-state index >= 15 is 0 Å². The van der Waals surface area contributed by atoms with Crippen LogP contribution >= 0.6 is 11.8 Å². The Morgan fingerprint density at radius 1 is 1.05 bits per heavy atom. The average molecular weight is 302 g/mol. The third kappa shape index (κ3) is 7.89. The zero-order chi connectivity index (χ0) is 15.4. The average Bonchev–Trinajstić information content (AvgIpc) is 2.42.